The van der Waals surface area contributed by atoms with Gasteiger partial charge in [0.25, 0.3) is 0 Å². The van der Waals surface area contributed by atoms with Crippen molar-refractivity contribution in [2.75, 3.05) is 18.5 Å². The van der Waals surface area contributed by atoms with Crippen molar-refractivity contribution in [3.63, 3.8) is 0 Å². The summed E-state index contributed by atoms with van der Waals surface area (Å²) < 4.78 is 11.1. The van der Waals surface area contributed by atoms with Crippen LogP contribution in [-0.4, -0.2) is 25.1 Å². The van der Waals surface area contributed by atoms with Crippen LogP contribution < -0.4 is 10.1 Å². The molecule has 1 N–H and O–H groups in total. The van der Waals surface area contributed by atoms with Gasteiger partial charge in [0, 0.05) is 16.3 Å². The van der Waals surface area contributed by atoms with Crippen molar-refractivity contribution < 1.29 is 19.1 Å². The van der Waals surface area contributed by atoms with Crippen LogP contribution in [0.5, 0.6) is 5.75 Å². The molecule has 0 saturated carbocycles. The van der Waals surface area contributed by atoms with Crippen LogP contribution in [0, 0.1) is 13.8 Å². The van der Waals surface area contributed by atoms with E-state index in [0.717, 1.165) is 46.7 Å². The lowest BCUT2D eigenvalue weighted by Gasteiger charge is -2.19. The third-order valence-electron chi connectivity index (χ3n) is 5.52. The summed E-state index contributed by atoms with van der Waals surface area (Å²) >= 11 is 7.70. The Hall–Kier alpha value is -2.05. The van der Waals surface area contributed by atoms with Crippen LogP contribution >= 0.6 is 22.9 Å². The number of fused-ring (bicyclic) bond motifs is 1. The average molecular weight is 464 g/mol. The summed E-state index contributed by atoms with van der Waals surface area (Å²) in [5.74, 6) is 0.582. The van der Waals surface area contributed by atoms with Crippen LogP contribution in [0.4, 0.5) is 5.00 Å². The predicted octanol–water partition coefficient (Wildman–Crippen LogP) is 6.43. The first-order valence-corrected chi connectivity index (χ1v) is 12.0. The number of nitrogens with one attached hydrogen (secondary N) is 1. The number of ether oxygens (including phenoxy) is 2. The summed E-state index contributed by atoms with van der Waals surface area (Å²) in [6.45, 7) is 8.55. The molecule has 1 aliphatic carbocycles. The van der Waals surface area contributed by atoms with Crippen LogP contribution in [0.15, 0.2) is 12.1 Å². The molecule has 1 aromatic heterocycles. The van der Waals surface area contributed by atoms with Gasteiger partial charge in [0.15, 0.2) is 0 Å². The minimum Gasteiger partial charge on any atom is -0.494 e. The summed E-state index contributed by atoms with van der Waals surface area (Å²) in [5, 5.41) is 4.32. The highest BCUT2D eigenvalue weighted by molar-refractivity contribution is 7.17. The van der Waals surface area contributed by atoms with E-state index in [1.54, 1.807) is 6.92 Å². The number of aryl methyl sites for hydroxylation is 3. The number of anilines is 1. The van der Waals surface area contributed by atoms with Crippen LogP contribution in [-0.2, 0) is 16.0 Å². The minimum atomic E-state index is -0.346. The number of halogens is 1. The van der Waals surface area contributed by atoms with Gasteiger partial charge in [-0.3, -0.25) is 4.79 Å². The third kappa shape index (κ3) is 5.60. The Morgan fingerprint density at radius 3 is 2.65 bits per heavy atom. The van der Waals surface area contributed by atoms with Gasteiger partial charge in [0.2, 0.25) is 5.91 Å². The van der Waals surface area contributed by atoms with E-state index in [1.165, 1.54) is 16.2 Å². The number of carbonyl (C=O) groups excluding carboxylic acids is 2. The molecule has 5 nitrogen and oxygen atoms in total. The van der Waals surface area contributed by atoms with E-state index in [2.05, 4.69) is 12.2 Å². The molecule has 2 aromatic rings. The van der Waals surface area contributed by atoms with E-state index >= 15 is 0 Å². The first-order valence-electron chi connectivity index (χ1n) is 10.8. The maximum Gasteiger partial charge on any atom is 0.341 e. The maximum absolute atomic E-state index is 12.6. The molecule has 31 heavy (non-hydrogen) atoms. The summed E-state index contributed by atoms with van der Waals surface area (Å²) in [7, 11) is 0. The van der Waals surface area contributed by atoms with Gasteiger partial charge < -0.3 is 14.8 Å². The second-order valence-electron chi connectivity index (χ2n) is 8.03. The van der Waals surface area contributed by atoms with E-state index in [4.69, 9.17) is 21.1 Å². The van der Waals surface area contributed by atoms with Gasteiger partial charge >= 0.3 is 5.97 Å². The zero-order chi connectivity index (χ0) is 22.5. The average Bonchev–Trinajstić information content (AvgIpc) is 3.08. The molecule has 168 valence electrons. The number of rotatable bonds is 8. The van der Waals surface area contributed by atoms with Gasteiger partial charge in [0.05, 0.1) is 18.8 Å². The molecule has 0 bridgehead atoms. The second-order valence-corrected chi connectivity index (χ2v) is 9.51. The lowest BCUT2D eigenvalue weighted by molar-refractivity contribution is -0.116. The Labute approximate surface area is 193 Å². The smallest absolute Gasteiger partial charge is 0.341 e. The highest BCUT2D eigenvalue weighted by atomic mass is 35.5. The molecular formula is C24H30ClNO4S. The van der Waals surface area contributed by atoms with E-state index in [-0.39, 0.29) is 11.9 Å². The fourth-order valence-corrected chi connectivity index (χ4v) is 5.48. The lowest BCUT2D eigenvalue weighted by Crippen LogP contribution is -2.17. The summed E-state index contributed by atoms with van der Waals surface area (Å²) in [5.41, 5.74) is 3.54. The standard InChI is InChI=1S/C24H30ClNO4S/c1-5-29-24(28)21-20-14(2)8-6-9-18(20)31-23(21)26-19(27)10-7-11-30-17-12-15(3)22(25)16(4)13-17/h12-14H,5-11H2,1-4H3,(H,26,27). The molecule has 0 aliphatic heterocycles. The molecule has 1 atom stereocenters. The summed E-state index contributed by atoms with van der Waals surface area (Å²) in [4.78, 5) is 26.4. The summed E-state index contributed by atoms with van der Waals surface area (Å²) in [6, 6.07) is 3.80. The highest BCUT2D eigenvalue weighted by Gasteiger charge is 2.30. The molecule has 0 radical (unpaired) electrons. The largest absolute Gasteiger partial charge is 0.494 e. The lowest BCUT2D eigenvalue weighted by atomic mass is 9.86. The first kappa shape index (κ1) is 23.6. The molecule has 1 aliphatic rings. The molecule has 1 unspecified atom stereocenters. The SMILES string of the molecule is CCOC(=O)c1c(NC(=O)CCCOc2cc(C)c(Cl)c(C)c2)sc2c1C(C)CCC2. The molecular weight excluding hydrogens is 434 g/mol. The Morgan fingerprint density at radius 2 is 1.97 bits per heavy atom. The Balaban J connectivity index is 1.61. The van der Waals surface area contributed by atoms with Crippen LogP contribution in [0.25, 0.3) is 0 Å². The first-order chi connectivity index (χ1) is 14.8. The zero-order valence-electron chi connectivity index (χ0n) is 18.6. The van der Waals surface area contributed by atoms with Gasteiger partial charge in [-0.15, -0.1) is 11.3 Å². The topological polar surface area (TPSA) is 64.6 Å². The van der Waals surface area contributed by atoms with Gasteiger partial charge in [-0.05, 0) is 81.2 Å². The number of esters is 1. The monoisotopic (exact) mass is 463 g/mol. The minimum absolute atomic E-state index is 0.121. The second kappa shape index (κ2) is 10.5. The Kier molecular flexibility index (Phi) is 8.00. The fourth-order valence-electron chi connectivity index (χ4n) is 4.01. The predicted molar refractivity (Wildman–Crippen MR) is 126 cm³/mol. The molecule has 0 fully saturated rings. The number of carbonyl (C=O) groups is 2. The number of amides is 1. The normalized spacial score (nSPS) is 15.3. The molecule has 1 aromatic carbocycles. The molecule has 1 heterocycles. The molecule has 3 rings (SSSR count). The quantitative estimate of drug-likeness (QED) is 0.361. The van der Waals surface area contributed by atoms with E-state index in [1.807, 2.05) is 26.0 Å². The molecule has 0 saturated heterocycles. The molecule has 0 spiro atoms. The van der Waals surface area contributed by atoms with E-state index in [9.17, 15) is 9.59 Å². The van der Waals surface area contributed by atoms with Crippen LogP contribution in [0.1, 0.15) is 77.4 Å². The van der Waals surface area contributed by atoms with Crippen molar-refractivity contribution >= 4 is 39.8 Å². The van der Waals surface area contributed by atoms with E-state index < -0.39 is 0 Å². The highest BCUT2D eigenvalue weighted by Crippen LogP contribution is 2.43. The van der Waals surface area contributed by atoms with Gasteiger partial charge in [-0.2, -0.15) is 0 Å². The number of benzene rings is 1. The van der Waals surface area contributed by atoms with Gasteiger partial charge in [-0.1, -0.05) is 18.5 Å². The van der Waals surface area contributed by atoms with Gasteiger partial charge in [-0.25, -0.2) is 4.79 Å². The Morgan fingerprint density at radius 1 is 1.26 bits per heavy atom. The van der Waals surface area contributed by atoms with E-state index in [0.29, 0.717) is 42.5 Å². The zero-order valence-corrected chi connectivity index (χ0v) is 20.2. The van der Waals surface area contributed by atoms with Gasteiger partial charge in [0.1, 0.15) is 10.8 Å². The van der Waals surface area contributed by atoms with Crippen molar-refractivity contribution in [2.24, 2.45) is 0 Å². The maximum atomic E-state index is 12.6. The van der Waals surface area contributed by atoms with Crippen molar-refractivity contribution in [3.8, 4) is 5.75 Å². The van der Waals surface area contributed by atoms with Crippen LogP contribution in [0.2, 0.25) is 5.02 Å². The fraction of sp³-hybridized carbons (Fsp3) is 0.500. The number of thiophene rings is 1. The van der Waals surface area contributed by atoms with Crippen molar-refractivity contribution in [1.82, 2.24) is 0 Å². The van der Waals surface area contributed by atoms with Crippen LogP contribution in [0.3, 0.4) is 0 Å². The number of hydrogen-bond donors (Lipinski definition) is 1. The van der Waals surface area contributed by atoms with Crippen molar-refractivity contribution in [2.45, 2.75) is 65.7 Å². The molecule has 1 amide bonds. The third-order valence-corrected chi connectivity index (χ3v) is 7.29. The Bertz CT molecular complexity index is 946. The number of hydrogen-bond acceptors (Lipinski definition) is 5. The summed E-state index contributed by atoms with van der Waals surface area (Å²) in [6.07, 6.45) is 3.98. The van der Waals surface area contributed by atoms with Crippen molar-refractivity contribution in [3.05, 3.63) is 44.3 Å². The van der Waals surface area contributed by atoms with Crippen molar-refractivity contribution in [1.29, 1.82) is 0 Å². The molecule has 7 heteroatoms.